The van der Waals surface area contributed by atoms with Gasteiger partial charge >= 0.3 is 0 Å². The van der Waals surface area contributed by atoms with Crippen molar-refractivity contribution in [2.75, 3.05) is 0 Å². The van der Waals surface area contributed by atoms with E-state index in [0.717, 1.165) is 36.3 Å². The molecule has 0 aliphatic heterocycles. The number of rotatable bonds is 6. The Morgan fingerprint density at radius 2 is 1.94 bits per heavy atom. The first-order valence-electron chi connectivity index (χ1n) is 12.6. The van der Waals surface area contributed by atoms with Crippen LogP contribution < -0.4 is 0 Å². The Hall–Kier alpha value is -0.900. The zero-order valence-electron chi connectivity index (χ0n) is 20.5. The predicted octanol–water partition coefficient (Wildman–Crippen LogP) is 5.95. The molecule has 31 heavy (non-hydrogen) atoms. The van der Waals surface area contributed by atoms with Crippen molar-refractivity contribution in [2.45, 2.75) is 110 Å². The van der Waals surface area contributed by atoms with Crippen molar-refractivity contribution in [2.24, 2.45) is 29.1 Å². The molecule has 3 rings (SSSR count). The molecule has 3 nitrogen and oxygen atoms in total. The molecule has 3 N–H and O–H groups in total. The van der Waals surface area contributed by atoms with E-state index >= 15 is 0 Å². The Morgan fingerprint density at radius 1 is 1.23 bits per heavy atom. The lowest BCUT2D eigenvalue weighted by Gasteiger charge is -2.44. The van der Waals surface area contributed by atoms with Crippen LogP contribution in [-0.4, -0.2) is 33.1 Å². The highest BCUT2D eigenvalue weighted by molar-refractivity contribution is 5.39. The molecular formula is C28H46O3. The van der Waals surface area contributed by atoms with E-state index in [4.69, 9.17) is 0 Å². The summed E-state index contributed by atoms with van der Waals surface area (Å²) in [7, 11) is 0. The summed E-state index contributed by atoms with van der Waals surface area (Å²) in [4.78, 5) is 0. The number of hydrogen-bond donors (Lipinski definition) is 3. The van der Waals surface area contributed by atoms with Gasteiger partial charge in [0.15, 0.2) is 0 Å². The van der Waals surface area contributed by atoms with E-state index in [0.29, 0.717) is 23.7 Å². The fourth-order valence-electron chi connectivity index (χ4n) is 6.91. The van der Waals surface area contributed by atoms with E-state index in [1.54, 1.807) is 5.57 Å². The molecule has 0 aromatic heterocycles. The summed E-state index contributed by atoms with van der Waals surface area (Å²) in [6, 6.07) is 0. The molecule has 3 aliphatic rings. The minimum atomic E-state index is -0.648. The van der Waals surface area contributed by atoms with Crippen LogP contribution in [0.4, 0.5) is 0 Å². The Bertz CT molecular complexity index is 712. The van der Waals surface area contributed by atoms with Gasteiger partial charge in [-0.3, -0.25) is 0 Å². The molecule has 176 valence electrons. The Balaban J connectivity index is 1.71. The second-order valence-electron chi connectivity index (χ2n) is 11.8. The van der Waals surface area contributed by atoms with Crippen molar-refractivity contribution in [1.29, 1.82) is 0 Å². The third-order valence-electron chi connectivity index (χ3n) is 8.97. The minimum absolute atomic E-state index is 0.149. The van der Waals surface area contributed by atoms with Crippen molar-refractivity contribution in [1.82, 2.24) is 0 Å². The van der Waals surface area contributed by atoms with Crippen molar-refractivity contribution < 1.29 is 15.3 Å². The summed E-state index contributed by atoms with van der Waals surface area (Å²) in [6.07, 6.45) is 13.4. The lowest BCUT2D eigenvalue weighted by Crippen LogP contribution is -2.36. The van der Waals surface area contributed by atoms with Gasteiger partial charge in [-0.1, -0.05) is 57.9 Å². The van der Waals surface area contributed by atoms with E-state index in [1.807, 2.05) is 20.8 Å². The molecule has 0 aromatic rings. The summed E-state index contributed by atoms with van der Waals surface area (Å²) in [6.45, 7) is 14.8. The Kier molecular flexibility index (Phi) is 7.61. The topological polar surface area (TPSA) is 60.7 Å². The van der Waals surface area contributed by atoms with Crippen LogP contribution in [0.5, 0.6) is 0 Å². The zero-order chi connectivity index (χ0) is 23.0. The average molecular weight is 431 g/mol. The maximum absolute atomic E-state index is 10.4. The summed E-state index contributed by atoms with van der Waals surface area (Å²) in [5.41, 5.74) is 3.15. The van der Waals surface area contributed by atoms with Crippen LogP contribution in [0.2, 0.25) is 0 Å². The summed E-state index contributed by atoms with van der Waals surface area (Å²) in [5.74, 6) is 1.94. The summed E-state index contributed by atoms with van der Waals surface area (Å²) < 4.78 is 0. The highest BCUT2D eigenvalue weighted by atomic mass is 16.3. The SMILES string of the molecule is C=C1/C(=C/C=C2\CCCC3(C)C2CCC3[C@@H](C)CCCC(C)(C)O)C[C@H](O)[C@@H](C)[C@H]1O. The van der Waals surface area contributed by atoms with Gasteiger partial charge in [0.25, 0.3) is 0 Å². The first-order valence-corrected chi connectivity index (χ1v) is 12.6. The fraction of sp³-hybridized carbons (Fsp3) is 0.786. The monoisotopic (exact) mass is 430 g/mol. The number of aliphatic hydroxyl groups excluding tert-OH is 2. The van der Waals surface area contributed by atoms with Crippen LogP contribution >= 0.6 is 0 Å². The quantitative estimate of drug-likeness (QED) is 0.488. The maximum atomic E-state index is 10.4. The molecule has 0 bridgehead atoms. The second kappa shape index (κ2) is 9.53. The van der Waals surface area contributed by atoms with Crippen molar-refractivity contribution in [3.63, 3.8) is 0 Å². The highest BCUT2D eigenvalue weighted by Crippen LogP contribution is 2.60. The highest BCUT2D eigenvalue weighted by Gasteiger charge is 2.50. The second-order valence-corrected chi connectivity index (χ2v) is 11.8. The molecule has 0 spiro atoms. The minimum Gasteiger partial charge on any atom is -0.392 e. The fourth-order valence-corrected chi connectivity index (χ4v) is 6.91. The van der Waals surface area contributed by atoms with E-state index < -0.39 is 17.8 Å². The van der Waals surface area contributed by atoms with E-state index in [1.165, 1.54) is 32.1 Å². The Labute approximate surface area is 190 Å². The van der Waals surface area contributed by atoms with E-state index in [2.05, 4.69) is 32.6 Å². The van der Waals surface area contributed by atoms with E-state index in [-0.39, 0.29) is 5.92 Å². The molecule has 3 fully saturated rings. The number of hydrogen-bond acceptors (Lipinski definition) is 3. The molecule has 7 atom stereocenters. The number of fused-ring (bicyclic) bond motifs is 1. The maximum Gasteiger partial charge on any atom is 0.0837 e. The first-order chi connectivity index (χ1) is 14.4. The zero-order valence-corrected chi connectivity index (χ0v) is 20.5. The van der Waals surface area contributed by atoms with Gasteiger partial charge in [-0.15, -0.1) is 0 Å². The van der Waals surface area contributed by atoms with Crippen LogP contribution in [0.25, 0.3) is 0 Å². The molecule has 0 saturated heterocycles. The van der Waals surface area contributed by atoms with Gasteiger partial charge < -0.3 is 15.3 Å². The predicted molar refractivity (Wildman–Crippen MR) is 129 cm³/mol. The molecule has 3 heteroatoms. The van der Waals surface area contributed by atoms with Crippen LogP contribution in [0, 0.1) is 29.1 Å². The third-order valence-corrected chi connectivity index (χ3v) is 8.97. The molecule has 3 saturated carbocycles. The largest absolute Gasteiger partial charge is 0.392 e. The first kappa shape index (κ1) is 24.7. The van der Waals surface area contributed by atoms with Gasteiger partial charge in [0.1, 0.15) is 0 Å². The molecule has 3 aliphatic carbocycles. The molecular weight excluding hydrogens is 384 g/mol. The smallest absolute Gasteiger partial charge is 0.0837 e. The standard InChI is InChI=1S/C28H46O3/c1-18(9-7-15-27(4,5)31)23-13-14-24-21(10-8-16-28(23,24)6)11-12-22-17-25(29)20(3)26(30)19(22)2/h11-12,18,20,23-26,29-31H,2,7-10,13-17H2,1,3-6H3/b21-11+,22-12+/t18-,20+,23?,24?,25-,26-,28?/m0/s1. The van der Waals surface area contributed by atoms with Gasteiger partial charge in [-0.25, -0.2) is 0 Å². The normalized spacial score (nSPS) is 40.4. The van der Waals surface area contributed by atoms with Crippen molar-refractivity contribution in [3.8, 4) is 0 Å². The van der Waals surface area contributed by atoms with Gasteiger partial charge in [0.05, 0.1) is 17.8 Å². The molecule has 0 heterocycles. The van der Waals surface area contributed by atoms with Gasteiger partial charge in [0, 0.05) is 5.92 Å². The van der Waals surface area contributed by atoms with Crippen LogP contribution in [0.1, 0.15) is 92.4 Å². The van der Waals surface area contributed by atoms with Crippen LogP contribution in [0.15, 0.2) is 35.5 Å². The van der Waals surface area contributed by atoms with Crippen LogP contribution in [-0.2, 0) is 0 Å². The third kappa shape index (κ3) is 5.37. The van der Waals surface area contributed by atoms with Crippen molar-refractivity contribution in [3.05, 3.63) is 35.5 Å². The lowest BCUT2D eigenvalue weighted by molar-refractivity contribution is 0.0283. The lowest BCUT2D eigenvalue weighted by atomic mass is 9.60. The van der Waals surface area contributed by atoms with Crippen molar-refractivity contribution >= 4 is 0 Å². The Morgan fingerprint density at radius 3 is 2.61 bits per heavy atom. The number of aliphatic hydroxyl groups is 3. The molecule has 0 radical (unpaired) electrons. The van der Waals surface area contributed by atoms with Gasteiger partial charge in [-0.05, 0) is 93.1 Å². The number of allylic oxidation sites excluding steroid dienone is 3. The summed E-state index contributed by atoms with van der Waals surface area (Å²) in [5, 5.41) is 30.7. The molecule has 3 unspecified atom stereocenters. The van der Waals surface area contributed by atoms with Gasteiger partial charge in [0.2, 0.25) is 0 Å². The van der Waals surface area contributed by atoms with E-state index in [9.17, 15) is 15.3 Å². The average Bonchev–Trinajstić information content (AvgIpc) is 3.04. The molecule has 0 amide bonds. The van der Waals surface area contributed by atoms with Crippen LogP contribution in [0.3, 0.4) is 0 Å². The van der Waals surface area contributed by atoms with Gasteiger partial charge in [-0.2, -0.15) is 0 Å². The molecule has 0 aromatic carbocycles. The summed E-state index contributed by atoms with van der Waals surface area (Å²) >= 11 is 0.